The zero-order valence-electron chi connectivity index (χ0n) is 9.02. The highest BCUT2D eigenvalue weighted by molar-refractivity contribution is 5.80. The molecule has 1 atom stereocenters. The first-order valence-electron chi connectivity index (χ1n) is 5.57. The summed E-state index contributed by atoms with van der Waals surface area (Å²) >= 11 is 0. The Morgan fingerprint density at radius 3 is 2.87 bits per heavy atom. The van der Waals surface area contributed by atoms with Crippen molar-refractivity contribution < 1.29 is 4.79 Å². The Balaban J connectivity index is 1.90. The Kier molecular flexibility index (Phi) is 3.04. The number of nitrogens with zero attached hydrogens (tertiary/aromatic N) is 2. The summed E-state index contributed by atoms with van der Waals surface area (Å²) in [4.78, 5) is 11.8. The molecule has 1 fully saturated rings. The summed E-state index contributed by atoms with van der Waals surface area (Å²) in [6.45, 7) is 1.87. The smallest absolute Gasteiger partial charge is 0.244 e. The SMILES string of the molecule is CC(C(=O)NC1CCCC1)n1cccn1. The fourth-order valence-corrected chi connectivity index (χ4v) is 2.02. The van der Waals surface area contributed by atoms with E-state index in [-0.39, 0.29) is 11.9 Å². The Hall–Kier alpha value is -1.32. The number of hydrogen-bond donors (Lipinski definition) is 1. The zero-order valence-corrected chi connectivity index (χ0v) is 9.02. The van der Waals surface area contributed by atoms with Crippen LogP contribution in [0.1, 0.15) is 38.6 Å². The minimum atomic E-state index is -0.208. The molecule has 2 rings (SSSR count). The minimum Gasteiger partial charge on any atom is -0.352 e. The molecular weight excluding hydrogens is 190 g/mol. The summed E-state index contributed by atoms with van der Waals surface area (Å²) in [5.74, 6) is 0.0746. The lowest BCUT2D eigenvalue weighted by Crippen LogP contribution is -2.37. The predicted molar refractivity (Wildman–Crippen MR) is 57.3 cm³/mol. The van der Waals surface area contributed by atoms with Gasteiger partial charge < -0.3 is 5.32 Å². The van der Waals surface area contributed by atoms with Crippen LogP contribution in [0.25, 0.3) is 0 Å². The monoisotopic (exact) mass is 207 g/mol. The molecule has 1 aromatic rings. The maximum atomic E-state index is 11.8. The second kappa shape index (κ2) is 4.47. The Morgan fingerprint density at radius 2 is 2.27 bits per heavy atom. The molecule has 1 unspecified atom stereocenters. The molecule has 1 amide bonds. The van der Waals surface area contributed by atoms with Crippen molar-refractivity contribution in [2.75, 3.05) is 0 Å². The average Bonchev–Trinajstić information content (AvgIpc) is 2.88. The van der Waals surface area contributed by atoms with Crippen LogP contribution in [0.5, 0.6) is 0 Å². The predicted octanol–water partition coefficient (Wildman–Crippen LogP) is 1.50. The number of carbonyl (C=O) groups is 1. The summed E-state index contributed by atoms with van der Waals surface area (Å²) in [7, 11) is 0. The van der Waals surface area contributed by atoms with E-state index in [2.05, 4.69) is 10.4 Å². The number of nitrogens with one attached hydrogen (secondary N) is 1. The third-order valence-electron chi connectivity index (χ3n) is 3.00. The maximum absolute atomic E-state index is 11.8. The summed E-state index contributed by atoms with van der Waals surface area (Å²) < 4.78 is 1.68. The number of rotatable bonds is 3. The van der Waals surface area contributed by atoms with E-state index in [1.807, 2.05) is 19.2 Å². The summed E-state index contributed by atoms with van der Waals surface area (Å²) in [5, 5.41) is 7.13. The Bertz CT molecular complexity index is 315. The van der Waals surface area contributed by atoms with Crippen LogP contribution < -0.4 is 5.32 Å². The lowest BCUT2D eigenvalue weighted by Gasteiger charge is -2.16. The molecule has 4 nitrogen and oxygen atoms in total. The van der Waals surface area contributed by atoms with Gasteiger partial charge in [-0.05, 0) is 25.8 Å². The summed E-state index contributed by atoms with van der Waals surface area (Å²) in [6.07, 6.45) is 8.23. The molecule has 1 aromatic heterocycles. The van der Waals surface area contributed by atoms with Gasteiger partial charge in [-0.3, -0.25) is 9.48 Å². The molecule has 1 N–H and O–H groups in total. The highest BCUT2D eigenvalue weighted by Crippen LogP contribution is 2.18. The molecular formula is C11H17N3O. The second-order valence-corrected chi connectivity index (χ2v) is 4.15. The number of carbonyl (C=O) groups excluding carboxylic acids is 1. The molecule has 1 saturated carbocycles. The van der Waals surface area contributed by atoms with Crippen LogP contribution in [-0.4, -0.2) is 21.7 Å². The van der Waals surface area contributed by atoms with Crippen LogP contribution in [0.15, 0.2) is 18.5 Å². The highest BCUT2D eigenvalue weighted by atomic mass is 16.2. The molecule has 0 bridgehead atoms. The van der Waals surface area contributed by atoms with E-state index < -0.39 is 0 Å². The van der Waals surface area contributed by atoms with Crippen molar-refractivity contribution in [1.29, 1.82) is 0 Å². The quantitative estimate of drug-likeness (QED) is 0.816. The van der Waals surface area contributed by atoms with Crippen LogP contribution in [-0.2, 0) is 4.79 Å². The van der Waals surface area contributed by atoms with E-state index in [0.29, 0.717) is 6.04 Å². The van der Waals surface area contributed by atoms with Gasteiger partial charge in [-0.15, -0.1) is 0 Å². The van der Waals surface area contributed by atoms with Crippen molar-refractivity contribution >= 4 is 5.91 Å². The van der Waals surface area contributed by atoms with Gasteiger partial charge in [0.1, 0.15) is 6.04 Å². The largest absolute Gasteiger partial charge is 0.352 e. The van der Waals surface area contributed by atoms with Gasteiger partial charge in [0.2, 0.25) is 5.91 Å². The van der Waals surface area contributed by atoms with E-state index in [0.717, 1.165) is 12.8 Å². The molecule has 0 aliphatic heterocycles. The van der Waals surface area contributed by atoms with Crippen molar-refractivity contribution in [3.05, 3.63) is 18.5 Å². The minimum absolute atomic E-state index is 0.0746. The van der Waals surface area contributed by atoms with E-state index in [1.165, 1.54) is 12.8 Å². The molecule has 15 heavy (non-hydrogen) atoms. The molecule has 0 radical (unpaired) electrons. The molecule has 1 aliphatic rings. The highest BCUT2D eigenvalue weighted by Gasteiger charge is 2.21. The van der Waals surface area contributed by atoms with Crippen LogP contribution in [0.4, 0.5) is 0 Å². The number of hydrogen-bond acceptors (Lipinski definition) is 2. The fourth-order valence-electron chi connectivity index (χ4n) is 2.02. The third-order valence-corrected chi connectivity index (χ3v) is 3.00. The van der Waals surface area contributed by atoms with Gasteiger partial charge in [-0.2, -0.15) is 5.10 Å². The number of amides is 1. The van der Waals surface area contributed by atoms with Gasteiger partial charge in [0.05, 0.1) is 0 Å². The Morgan fingerprint density at radius 1 is 1.53 bits per heavy atom. The van der Waals surface area contributed by atoms with Crippen LogP contribution in [0, 0.1) is 0 Å². The first-order valence-corrected chi connectivity index (χ1v) is 5.57. The van der Waals surface area contributed by atoms with Gasteiger partial charge in [0.25, 0.3) is 0 Å². The lowest BCUT2D eigenvalue weighted by molar-refractivity contribution is -0.124. The molecule has 1 aliphatic carbocycles. The van der Waals surface area contributed by atoms with Crippen LogP contribution >= 0.6 is 0 Å². The fraction of sp³-hybridized carbons (Fsp3) is 0.636. The van der Waals surface area contributed by atoms with Crippen molar-refractivity contribution in [1.82, 2.24) is 15.1 Å². The first kappa shape index (κ1) is 10.2. The standard InChI is InChI=1S/C11H17N3O/c1-9(14-8-4-7-12-14)11(15)13-10-5-2-3-6-10/h4,7-10H,2-3,5-6H2,1H3,(H,13,15). The molecule has 0 saturated heterocycles. The topological polar surface area (TPSA) is 46.9 Å². The third kappa shape index (κ3) is 2.37. The molecule has 82 valence electrons. The zero-order chi connectivity index (χ0) is 10.7. The lowest BCUT2D eigenvalue weighted by atomic mass is 10.2. The Labute approximate surface area is 89.7 Å². The van der Waals surface area contributed by atoms with E-state index in [4.69, 9.17) is 0 Å². The van der Waals surface area contributed by atoms with E-state index in [9.17, 15) is 4.79 Å². The van der Waals surface area contributed by atoms with Gasteiger partial charge >= 0.3 is 0 Å². The molecule has 0 aromatic carbocycles. The van der Waals surface area contributed by atoms with E-state index in [1.54, 1.807) is 10.9 Å². The van der Waals surface area contributed by atoms with Gasteiger partial charge in [0.15, 0.2) is 0 Å². The molecule has 0 spiro atoms. The maximum Gasteiger partial charge on any atom is 0.244 e. The second-order valence-electron chi connectivity index (χ2n) is 4.15. The summed E-state index contributed by atoms with van der Waals surface area (Å²) in [5.41, 5.74) is 0. The van der Waals surface area contributed by atoms with Crippen molar-refractivity contribution in [3.63, 3.8) is 0 Å². The number of aromatic nitrogens is 2. The van der Waals surface area contributed by atoms with Crippen molar-refractivity contribution in [2.45, 2.75) is 44.7 Å². The van der Waals surface area contributed by atoms with Crippen LogP contribution in [0.3, 0.4) is 0 Å². The van der Waals surface area contributed by atoms with Gasteiger partial charge in [0, 0.05) is 18.4 Å². The van der Waals surface area contributed by atoms with Crippen LogP contribution in [0.2, 0.25) is 0 Å². The molecule has 1 heterocycles. The molecule has 4 heteroatoms. The average molecular weight is 207 g/mol. The van der Waals surface area contributed by atoms with Crippen molar-refractivity contribution in [3.8, 4) is 0 Å². The normalized spacial score (nSPS) is 19.0. The summed E-state index contributed by atoms with van der Waals surface area (Å²) in [6, 6.07) is 2.01. The van der Waals surface area contributed by atoms with Gasteiger partial charge in [-0.1, -0.05) is 12.8 Å². The van der Waals surface area contributed by atoms with Crippen molar-refractivity contribution in [2.24, 2.45) is 0 Å². The first-order chi connectivity index (χ1) is 7.27. The van der Waals surface area contributed by atoms with Gasteiger partial charge in [-0.25, -0.2) is 0 Å². The van der Waals surface area contributed by atoms with E-state index >= 15 is 0 Å².